The highest BCUT2D eigenvalue weighted by Gasteiger charge is 2.28. The summed E-state index contributed by atoms with van der Waals surface area (Å²) >= 11 is 5.94. The molecule has 1 saturated carbocycles. The van der Waals surface area contributed by atoms with Gasteiger partial charge in [-0.1, -0.05) is 25.7 Å². The molecule has 1 saturated heterocycles. The Balaban J connectivity index is 1.67. The third-order valence-corrected chi connectivity index (χ3v) is 5.58. The highest BCUT2D eigenvalue weighted by molar-refractivity contribution is 6.28. The lowest BCUT2D eigenvalue weighted by Crippen LogP contribution is -2.41. The van der Waals surface area contributed by atoms with Crippen LogP contribution >= 0.6 is 11.6 Å². The third-order valence-electron chi connectivity index (χ3n) is 5.41. The van der Waals surface area contributed by atoms with E-state index in [0.717, 1.165) is 25.7 Å². The number of morpholine rings is 1. The van der Waals surface area contributed by atoms with Crippen molar-refractivity contribution < 1.29 is 23.9 Å². The number of carbonyl (C=O) groups excluding carboxylic acids is 2. The van der Waals surface area contributed by atoms with Crippen molar-refractivity contribution in [3.8, 4) is 0 Å². The van der Waals surface area contributed by atoms with Crippen LogP contribution in [-0.2, 0) is 14.3 Å². The molecular formula is C18H26ClFN6O4. The fourth-order valence-electron chi connectivity index (χ4n) is 3.88. The first kappa shape index (κ1) is 22.4. The molecule has 30 heavy (non-hydrogen) atoms. The average molecular weight is 445 g/mol. The number of halogens is 2. The van der Waals surface area contributed by atoms with Crippen LogP contribution in [0, 0.1) is 17.7 Å². The number of hydrogen-bond acceptors (Lipinski definition) is 8. The molecule has 1 aromatic heterocycles. The standard InChI is InChI=1S/C18H26ClFN6O4/c19-18-21-15(14(20)16(22-18)25-5-7-30-8-6-25)23-24-17(28)13(10-26(29)11-27)9-12-3-1-2-4-12/h11-13,29H,1-10H2,(H,24,28)(H,21,22,23)/t13-/m0/s1. The summed E-state index contributed by atoms with van der Waals surface area (Å²) < 4.78 is 20.2. The van der Waals surface area contributed by atoms with Gasteiger partial charge in [0.2, 0.25) is 23.4 Å². The van der Waals surface area contributed by atoms with E-state index < -0.39 is 17.6 Å². The van der Waals surface area contributed by atoms with Gasteiger partial charge in [-0.15, -0.1) is 0 Å². The lowest BCUT2D eigenvalue weighted by atomic mass is 9.92. The van der Waals surface area contributed by atoms with Crippen LogP contribution in [0.25, 0.3) is 0 Å². The lowest BCUT2D eigenvalue weighted by molar-refractivity contribution is -0.154. The quantitative estimate of drug-likeness (QED) is 0.227. The van der Waals surface area contributed by atoms with Crippen molar-refractivity contribution in [1.82, 2.24) is 20.5 Å². The summed E-state index contributed by atoms with van der Waals surface area (Å²) in [6.07, 6.45) is 4.97. The average Bonchev–Trinajstić information content (AvgIpc) is 3.27. The highest BCUT2D eigenvalue weighted by Crippen LogP contribution is 2.31. The number of nitrogens with one attached hydrogen (secondary N) is 2. The Kier molecular flexibility index (Phi) is 8.00. The van der Waals surface area contributed by atoms with Crippen LogP contribution in [0.5, 0.6) is 0 Å². The van der Waals surface area contributed by atoms with Gasteiger partial charge in [0, 0.05) is 13.1 Å². The number of ether oxygens (including phenoxy) is 1. The van der Waals surface area contributed by atoms with Gasteiger partial charge < -0.3 is 9.64 Å². The second-order valence-electron chi connectivity index (χ2n) is 7.50. The molecule has 2 aliphatic rings. The van der Waals surface area contributed by atoms with Gasteiger partial charge in [-0.3, -0.25) is 25.6 Å². The van der Waals surface area contributed by atoms with E-state index in [1.807, 2.05) is 0 Å². The molecule has 0 aromatic carbocycles. The first-order valence-corrected chi connectivity index (χ1v) is 10.4. The fourth-order valence-corrected chi connectivity index (χ4v) is 4.05. The van der Waals surface area contributed by atoms with Gasteiger partial charge >= 0.3 is 0 Å². The molecule has 166 valence electrons. The molecule has 0 spiro atoms. The van der Waals surface area contributed by atoms with E-state index in [1.54, 1.807) is 4.90 Å². The maximum atomic E-state index is 14.9. The molecule has 0 bridgehead atoms. The molecule has 3 N–H and O–H groups in total. The molecule has 0 unspecified atom stereocenters. The zero-order valence-electron chi connectivity index (χ0n) is 16.5. The molecule has 1 aliphatic heterocycles. The summed E-state index contributed by atoms with van der Waals surface area (Å²) in [5.74, 6) is -1.77. The highest BCUT2D eigenvalue weighted by atomic mass is 35.5. The van der Waals surface area contributed by atoms with Gasteiger partial charge in [0.1, 0.15) is 0 Å². The van der Waals surface area contributed by atoms with Gasteiger partial charge in [0.15, 0.2) is 11.6 Å². The predicted octanol–water partition coefficient (Wildman–Crippen LogP) is 1.59. The maximum absolute atomic E-state index is 14.9. The number of rotatable bonds is 9. The number of hydroxylamine groups is 2. The lowest BCUT2D eigenvalue weighted by Gasteiger charge is -2.28. The fraction of sp³-hybridized carbons (Fsp3) is 0.667. The summed E-state index contributed by atoms with van der Waals surface area (Å²) in [5.41, 5.74) is 4.90. The number of hydrazine groups is 1. The van der Waals surface area contributed by atoms with Gasteiger partial charge in [-0.05, 0) is 23.9 Å². The van der Waals surface area contributed by atoms with Crippen LogP contribution in [0.3, 0.4) is 0 Å². The number of nitrogens with zero attached hydrogens (tertiary/aromatic N) is 4. The van der Waals surface area contributed by atoms with E-state index >= 15 is 0 Å². The van der Waals surface area contributed by atoms with Gasteiger partial charge in [0.05, 0.1) is 25.7 Å². The molecule has 1 aliphatic carbocycles. The van der Waals surface area contributed by atoms with E-state index in [9.17, 15) is 19.2 Å². The van der Waals surface area contributed by atoms with Crippen LogP contribution in [0.2, 0.25) is 5.28 Å². The Labute approximate surface area is 178 Å². The summed E-state index contributed by atoms with van der Waals surface area (Å²) in [5, 5.41) is 9.82. The van der Waals surface area contributed by atoms with E-state index in [0.29, 0.717) is 43.7 Å². The van der Waals surface area contributed by atoms with Gasteiger partial charge in [0.25, 0.3) is 0 Å². The molecule has 2 heterocycles. The van der Waals surface area contributed by atoms with Crippen molar-refractivity contribution in [2.24, 2.45) is 11.8 Å². The number of carbonyl (C=O) groups is 2. The van der Waals surface area contributed by atoms with Crippen molar-refractivity contribution >= 4 is 35.6 Å². The van der Waals surface area contributed by atoms with Crippen LogP contribution in [0.15, 0.2) is 0 Å². The van der Waals surface area contributed by atoms with E-state index in [2.05, 4.69) is 20.8 Å². The van der Waals surface area contributed by atoms with Crippen LogP contribution in [-0.4, -0.2) is 65.4 Å². The second kappa shape index (κ2) is 10.7. The number of amides is 2. The molecule has 10 nitrogen and oxygen atoms in total. The monoisotopic (exact) mass is 444 g/mol. The minimum Gasteiger partial charge on any atom is -0.378 e. The Morgan fingerprint density at radius 1 is 1.37 bits per heavy atom. The van der Waals surface area contributed by atoms with Crippen LogP contribution in [0.4, 0.5) is 16.0 Å². The largest absolute Gasteiger partial charge is 0.378 e. The first-order chi connectivity index (χ1) is 14.5. The molecule has 0 radical (unpaired) electrons. The van der Waals surface area contributed by atoms with Crippen molar-refractivity contribution in [3.05, 3.63) is 11.1 Å². The zero-order valence-corrected chi connectivity index (χ0v) is 17.3. The number of aromatic nitrogens is 2. The molecule has 3 rings (SSSR count). The van der Waals surface area contributed by atoms with Gasteiger partial charge in [-0.25, -0.2) is 5.06 Å². The third kappa shape index (κ3) is 5.89. The summed E-state index contributed by atoms with van der Waals surface area (Å²) in [6.45, 7) is 1.64. The van der Waals surface area contributed by atoms with Crippen molar-refractivity contribution in [1.29, 1.82) is 0 Å². The number of hydrogen-bond donors (Lipinski definition) is 3. The maximum Gasteiger partial charge on any atom is 0.243 e. The SMILES string of the molecule is O=CN(O)C[C@H](CC1CCCC1)C(=O)NNc1nc(Cl)nc(N2CCOCC2)c1F. The molecule has 1 aromatic rings. The predicted molar refractivity (Wildman–Crippen MR) is 106 cm³/mol. The minimum absolute atomic E-state index is 0.0278. The van der Waals surface area contributed by atoms with Crippen LogP contribution < -0.4 is 15.8 Å². The molecular weight excluding hydrogens is 419 g/mol. The minimum atomic E-state index is -0.745. The first-order valence-electron chi connectivity index (χ1n) is 10.00. The van der Waals surface area contributed by atoms with Crippen LogP contribution in [0.1, 0.15) is 32.1 Å². The Hall–Kier alpha value is -2.24. The summed E-state index contributed by atoms with van der Waals surface area (Å²) in [7, 11) is 0. The van der Waals surface area contributed by atoms with Gasteiger partial charge in [-0.2, -0.15) is 14.4 Å². The normalized spacial score (nSPS) is 18.2. The van der Waals surface area contributed by atoms with E-state index in [4.69, 9.17) is 16.3 Å². The topological polar surface area (TPSA) is 120 Å². The summed E-state index contributed by atoms with van der Waals surface area (Å²) in [6, 6.07) is 0. The second-order valence-corrected chi connectivity index (χ2v) is 7.84. The Morgan fingerprint density at radius 2 is 2.07 bits per heavy atom. The number of anilines is 2. The summed E-state index contributed by atoms with van der Waals surface area (Å²) in [4.78, 5) is 32.9. The molecule has 12 heteroatoms. The van der Waals surface area contributed by atoms with Crippen molar-refractivity contribution in [2.75, 3.05) is 43.2 Å². The van der Waals surface area contributed by atoms with Crippen molar-refractivity contribution in [3.63, 3.8) is 0 Å². The molecule has 1 atom stereocenters. The molecule has 2 amide bonds. The Morgan fingerprint density at radius 3 is 2.73 bits per heavy atom. The Bertz CT molecular complexity index is 746. The smallest absolute Gasteiger partial charge is 0.243 e. The zero-order chi connectivity index (χ0) is 21.5. The molecule has 2 fully saturated rings. The van der Waals surface area contributed by atoms with Crippen molar-refractivity contribution in [2.45, 2.75) is 32.1 Å². The van der Waals surface area contributed by atoms with E-state index in [1.165, 1.54) is 0 Å². The van der Waals surface area contributed by atoms with E-state index in [-0.39, 0.29) is 29.9 Å².